The Morgan fingerprint density at radius 1 is 1.25 bits per heavy atom. The molecule has 0 radical (unpaired) electrons. The van der Waals surface area contributed by atoms with Crippen LogP contribution >= 0.6 is 24.8 Å². The van der Waals surface area contributed by atoms with Crippen molar-refractivity contribution in [2.75, 3.05) is 31.1 Å². The predicted molar refractivity (Wildman–Crippen MR) is 102 cm³/mol. The van der Waals surface area contributed by atoms with Crippen LogP contribution in [0, 0.1) is 5.92 Å². The molecule has 0 bridgehead atoms. The number of carbonyl (C=O) groups excluding carboxylic acids is 1. The maximum absolute atomic E-state index is 12.7. The molecule has 1 amide bonds. The summed E-state index contributed by atoms with van der Waals surface area (Å²) < 4.78 is 0. The lowest BCUT2D eigenvalue weighted by Gasteiger charge is -2.38. The molecule has 5 nitrogen and oxygen atoms in total. The zero-order valence-electron chi connectivity index (χ0n) is 14.2. The smallest absolute Gasteiger partial charge is 0.255 e. The Bertz CT molecular complexity index is 520. The number of piperidine rings is 1. The summed E-state index contributed by atoms with van der Waals surface area (Å²) in [6, 6.07) is 4.05. The van der Waals surface area contributed by atoms with E-state index in [1.807, 2.05) is 17.0 Å². The Morgan fingerprint density at radius 2 is 1.96 bits per heavy atom. The molecule has 3 heterocycles. The van der Waals surface area contributed by atoms with Crippen LogP contribution in [0.4, 0.5) is 5.82 Å². The zero-order valence-corrected chi connectivity index (χ0v) is 15.8. The van der Waals surface area contributed by atoms with Crippen molar-refractivity contribution in [3.8, 4) is 0 Å². The second kappa shape index (κ2) is 9.44. The molecule has 24 heavy (non-hydrogen) atoms. The van der Waals surface area contributed by atoms with Gasteiger partial charge in [0.15, 0.2) is 0 Å². The first-order valence-corrected chi connectivity index (χ1v) is 8.41. The molecule has 136 valence electrons. The van der Waals surface area contributed by atoms with Crippen LogP contribution in [-0.2, 0) is 0 Å². The van der Waals surface area contributed by atoms with E-state index in [0.29, 0.717) is 18.0 Å². The van der Waals surface area contributed by atoms with E-state index in [2.05, 4.69) is 16.8 Å². The zero-order chi connectivity index (χ0) is 15.5. The normalized spacial score (nSPS) is 23.4. The third-order valence-corrected chi connectivity index (χ3v) is 4.94. The van der Waals surface area contributed by atoms with E-state index in [0.717, 1.165) is 38.3 Å². The van der Waals surface area contributed by atoms with Crippen molar-refractivity contribution in [2.45, 2.75) is 38.6 Å². The quantitative estimate of drug-likeness (QED) is 0.883. The number of aromatic nitrogens is 1. The van der Waals surface area contributed by atoms with Crippen molar-refractivity contribution in [1.29, 1.82) is 0 Å². The summed E-state index contributed by atoms with van der Waals surface area (Å²) >= 11 is 0. The first kappa shape index (κ1) is 21.0. The number of hydrogen-bond acceptors (Lipinski definition) is 4. The van der Waals surface area contributed by atoms with Crippen molar-refractivity contribution in [2.24, 2.45) is 11.7 Å². The molecule has 0 aromatic carbocycles. The standard InChI is InChI=1S/C17H26N4O.2ClH/c1-13-6-9-21(15(10-13)11-18)17(22)14-4-5-16(19-12-14)20-7-2-3-8-20;;/h4-5,12-13,15H,2-3,6-11,18H2,1H3;2*1H. The van der Waals surface area contributed by atoms with Crippen molar-refractivity contribution in [3.05, 3.63) is 23.9 Å². The van der Waals surface area contributed by atoms with Gasteiger partial charge in [0.25, 0.3) is 5.91 Å². The molecule has 3 rings (SSSR count). The van der Waals surface area contributed by atoms with Gasteiger partial charge in [-0.2, -0.15) is 0 Å². The maximum Gasteiger partial charge on any atom is 0.255 e. The topological polar surface area (TPSA) is 62.5 Å². The van der Waals surface area contributed by atoms with Crippen molar-refractivity contribution < 1.29 is 4.79 Å². The number of carbonyl (C=O) groups is 1. The maximum atomic E-state index is 12.7. The third kappa shape index (κ3) is 4.52. The fourth-order valence-electron chi connectivity index (χ4n) is 3.55. The molecule has 0 saturated carbocycles. The van der Waals surface area contributed by atoms with Crippen LogP contribution in [0.15, 0.2) is 18.3 Å². The third-order valence-electron chi connectivity index (χ3n) is 4.94. The highest BCUT2D eigenvalue weighted by Crippen LogP contribution is 2.24. The van der Waals surface area contributed by atoms with Gasteiger partial charge in [0.2, 0.25) is 0 Å². The van der Waals surface area contributed by atoms with Crippen molar-refractivity contribution in [1.82, 2.24) is 9.88 Å². The Morgan fingerprint density at radius 3 is 2.54 bits per heavy atom. The molecule has 2 fully saturated rings. The lowest BCUT2D eigenvalue weighted by molar-refractivity contribution is 0.0573. The Balaban J connectivity index is 0.00000144. The number of anilines is 1. The highest BCUT2D eigenvalue weighted by atomic mass is 35.5. The van der Waals surface area contributed by atoms with Crippen LogP contribution in [0.25, 0.3) is 0 Å². The van der Waals surface area contributed by atoms with Gasteiger partial charge in [-0.05, 0) is 43.7 Å². The molecular weight excluding hydrogens is 347 g/mol. The van der Waals surface area contributed by atoms with Gasteiger partial charge in [-0.3, -0.25) is 4.79 Å². The minimum Gasteiger partial charge on any atom is -0.357 e. The SMILES string of the molecule is CC1CCN(C(=O)c2ccc(N3CCCC3)nc2)C(CN)C1.Cl.Cl. The van der Waals surface area contributed by atoms with Crippen LogP contribution in [-0.4, -0.2) is 48.0 Å². The molecular formula is C17H28Cl2N4O. The summed E-state index contributed by atoms with van der Waals surface area (Å²) in [5.41, 5.74) is 6.54. The summed E-state index contributed by atoms with van der Waals surface area (Å²) in [6.45, 7) is 5.71. The average molecular weight is 375 g/mol. The van der Waals surface area contributed by atoms with E-state index in [4.69, 9.17) is 5.73 Å². The summed E-state index contributed by atoms with van der Waals surface area (Å²) in [5, 5.41) is 0. The molecule has 1 aromatic rings. The van der Waals surface area contributed by atoms with Crippen LogP contribution in [0.3, 0.4) is 0 Å². The lowest BCUT2D eigenvalue weighted by Crippen LogP contribution is -2.49. The molecule has 2 aliphatic rings. The first-order chi connectivity index (χ1) is 10.7. The molecule has 0 aliphatic carbocycles. The van der Waals surface area contributed by atoms with Crippen LogP contribution in [0.1, 0.15) is 43.0 Å². The molecule has 2 unspecified atom stereocenters. The summed E-state index contributed by atoms with van der Waals surface area (Å²) in [6.07, 6.45) is 6.24. The van der Waals surface area contributed by atoms with Gasteiger partial charge in [0, 0.05) is 38.4 Å². The Kier molecular flexibility index (Phi) is 8.27. The van der Waals surface area contributed by atoms with Gasteiger partial charge in [-0.15, -0.1) is 24.8 Å². The van der Waals surface area contributed by atoms with E-state index in [1.54, 1.807) is 6.20 Å². The molecule has 2 aliphatic heterocycles. The fourth-order valence-corrected chi connectivity index (χ4v) is 3.55. The van der Waals surface area contributed by atoms with Crippen molar-refractivity contribution >= 4 is 36.5 Å². The van der Waals surface area contributed by atoms with E-state index in [9.17, 15) is 4.79 Å². The molecule has 2 N–H and O–H groups in total. The van der Waals surface area contributed by atoms with Gasteiger partial charge in [0.05, 0.1) is 5.56 Å². The minimum atomic E-state index is 0. The molecule has 2 atom stereocenters. The van der Waals surface area contributed by atoms with E-state index in [-0.39, 0.29) is 36.8 Å². The molecule has 7 heteroatoms. The number of nitrogens with zero attached hydrogens (tertiary/aromatic N) is 3. The largest absolute Gasteiger partial charge is 0.357 e. The first-order valence-electron chi connectivity index (χ1n) is 8.41. The fraction of sp³-hybridized carbons (Fsp3) is 0.647. The van der Waals surface area contributed by atoms with E-state index >= 15 is 0 Å². The number of hydrogen-bond donors (Lipinski definition) is 1. The summed E-state index contributed by atoms with van der Waals surface area (Å²) in [4.78, 5) is 21.4. The molecule has 2 saturated heterocycles. The van der Waals surface area contributed by atoms with Gasteiger partial charge in [-0.25, -0.2) is 4.98 Å². The van der Waals surface area contributed by atoms with Crippen LogP contribution in [0.5, 0.6) is 0 Å². The van der Waals surface area contributed by atoms with Gasteiger partial charge in [0.1, 0.15) is 5.82 Å². The number of amides is 1. The number of likely N-dealkylation sites (tertiary alicyclic amines) is 1. The predicted octanol–water partition coefficient (Wildman–Crippen LogP) is 2.72. The second-order valence-electron chi connectivity index (χ2n) is 6.62. The summed E-state index contributed by atoms with van der Waals surface area (Å²) in [7, 11) is 0. The number of rotatable bonds is 3. The van der Waals surface area contributed by atoms with Gasteiger partial charge in [-0.1, -0.05) is 6.92 Å². The second-order valence-corrected chi connectivity index (χ2v) is 6.62. The van der Waals surface area contributed by atoms with Gasteiger partial charge < -0.3 is 15.5 Å². The lowest BCUT2D eigenvalue weighted by atomic mass is 9.92. The van der Waals surface area contributed by atoms with E-state index < -0.39 is 0 Å². The number of nitrogens with two attached hydrogens (primary N) is 1. The number of pyridine rings is 1. The van der Waals surface area contributed by atoms with Crippen LogP contribution in [0.2, 0.25) is 0 Å². The highest BCUT2D eigenvalue weighted by Gasteiger charge is 2.29. The highest BCUT2D eigenvalue weighted by molar-refractivity contribution is 5.94. The van der Waals surface area contributed by atoms with Crippen molar-refractivity contribution in [3.63, 3.8) is 0 Å². The van der Waals surface area contributed by atoms with Gasteiger partial charge >= 0.3 is 0 Å². The monoisotopic (exact) mass is 374 g/mol. The van der Waals surface area contributed by atoms with E-state index in [1.165, 1.54) is 12.8 Å². The summed E-state index contributed by atoms with van der Waals surface area (Å²) in [5.74, 6) is 1.70. The van der Waals surface area contributed by atoms with Crippen LogP contribution < -0.4 is 10.6 Å². The Hall–Kier alpha value is -1.04. The molecule has 1 aromatic heterocycles. The molecule has 0 spiro atoms. The number of halogens is 2. The Labute approximate surface area is 156 Å². The average Bonchev–Trinajstić information content (AvgIpc) is 3.08. The minimum absolute atomic E-state index is 0.